The molecule has 1 aliphatic carbocycles. The van der Waals surface area contributed by atoms with Gasteiger partial charge in [-0.05, 0) is 37.0 Å². The van der Waals surface area contributed by atoms with Gasteiger partial charge in [-0.25, -0.2) is 0 Å². The summed E-state index contributed by atoms with van der Waals surface area (Å²) < 4.78 is 0. The molecule has 22 heavy (non-hydrogen) atoms. The van der Waals surface area contributed by atoms with Crippen LogP contribution in [0.15, 0.2) is 0 Å². The van der Waals surface area contributed by atoms with Gasteiger partial charge in [-0.3, -0.25) is 14.5 Å². The van der Waals surface area contributed by atoms with Crippen molar-refractivity contribution >= 4 is 11.9 Å². The first-order valence-corrected chi connectivity index (χ1v) is 8.53. The second-order valence-electron chi connectivity index (χ2n) is 8.03. The summed E-state index contributed by atoms with van der Waals surface area (Å²) in [5.41, 5.74) is 0.193. The zero-order valence-electron chi connectivity index (χ0n) is 14.1. The van der Waals surface area contributed by atoms with Crippen LogP contribution in [0.3, 0.4) is 0 Å². The van der Waals surface area contributed by atoms with Crippen molar-refractivity contribution in [3.8, 4) is 0 Å². The topological polar surface area (TPSA) is 69.6 Å². The van der Waals surface area contributed by atoms with Crippen molar-refractivity contribution in [2.24, 2.45) is 11.3 Å². The zero-order chi connectivity index (χ0) is 16.3. The van der Waals surface area contributed by atoms with Crippen LogP contribution in [-0.2, 0) is 9.59 Å². The second-order valence-corrected chi connectivity index (χ2v) is 8.03. The fraction of sp³-hybridized carbons (Fsp3) is 0.882. The summed E-state index contributed by atoms with van der Waals surface area (Å²) in [6.07, 6.45) is 6.11. The van der Waals surface area contributed by atoms with Crippen LogP contribution in [0, 0.1) is 11.3 Å². The molecule has 2 rings (SSSR count). The summed E-state index contributed by atoms with van der Waals surface area (Å²) in [6.45, 7) is 7.32. The van der Waals surface area contributed by atoms with Crippen molar-refractivity contribution < 1.29 is 14.7 Å². The first-order chi connectivity index (χ1) is 10.3. The van der Waals surface area contributed by atoms with E-state index in [4.69, 9.17) is 0 Å². The third-order valence-corrected chi connectivity index (χ3v) is 5.03. The maximum absolute atomic E-state index is 12.2. The Labute approximate surface area is 133 Å². The highest BCUT2D eigenvalue weighted by Gasteiger charge is 2.45. The molecule has 1 amide bonds. The third-order valence-electron chi connectivity index (χ3n) is 5.03. The quantitative estimate of drug-likeness (QED) is 0.817. The summed E-state index contributed by atoms with van der Waals surface area (Å²) in [7, 11) is 0. The normalized spacial score (nSPS) is 29.1. The smallest absolute Gasteiger partial charge is 0.320 e. The minimum absolute atomic E-state index is 0.0401. The lowest BCUT2D eigenvalue weighted by Gasteiger charge is -2.32. The minimum Gasteiger partial charge on any atom is -0.480 e. The van der Waals surface area contributed by atoms with E-state index >= 15 is 0 Å². The molecular weight excluding hydrogens is 280 g/mol. The first kappa shape index (κ1) is 17.3. The molecule has 126 valence electrons. The Balaban J connectivity index is 1.90. The highest BCUT2D eigenvalue weighted by Crippen LogP contribution is 2.39. The van der Waals surface area contributed by atoms with E-state index in [1.807, 2.05) is 4.90 Å². The predicted molar refractivity (Wildman–Crippen MR) is 85.6 cm³/mol. The number of rotatable bonds is 5. The zero-order valence-corrected chi connectivity index (χ0v) is 14.1. The molecule has 1 saturated heterocycles. The Morgan fingerprint density at radius 3 is 2.55 bits per heavy atom. The van der Waals surface area contributed by atoms with Crippen molar-refractivity contribution in [1.29, 1.82) is 0 Å². The van der Waals surface area contributed by atoms with Crippen molar-refractivity contribution in [1.82, 2.24) is 10.2 Å². The predicted octanol–water partition coefficient (Wildman–Crippen LogP) is 2.26. The van der Waals surface area contributed by atoms with Crippen LogP contribution < -0.4 is 5.32 Å². The number of amides is 1. The summed E-state index contributed by atoms with van der Waals surface area (Å²) in [5.74, 6) is -0.365. The van der Waals surface area contributed by atoms with Crippen LogP contribution in [0.2, 0.25) is 0 Å². The van der Waals surface area contributed by atoms with Gasteiger partial charge in [0, 0.05) is 12.6 Å². The van der Waals surface area contributed by atoms with Crippen LogP contribution in [-0.4, -0.2) is 47.1 Å². The molecule has 1 heterocycles. The fourth-order valence-electron chi connectivity index (χ4n) is 3.82. The molecule has 5 heteroatoms. The van der Waals surface area contributed by atoms with Gasteiger partial charge < -0.3 is 10.4 Å². The highest BCUT2D eigenvalue weighted by atomic mass is 16.4. The average molecular weight is 310 g/mol. The van der Waals surface area contributed by atoms with Crippen molar-refractivity contribution in [3.05, 3.63) is 0 Å². The number of nitrogens with one attached hydrogen (secondary N) is 1. The van der Waals surface area contributed by atoms with Gasteiger partial charge in [0.1, 0.15) is 6.04 Å². The molecule has 1 saturated carbocycles. The molecule has 0 aromatic carbocycles. The summed E-state index contributed by atoms with van der Waals surface area (Å²) >= 11 is 0. The number of carbonyl (C=O) groups is 2. The molecule has 0 aromatic heterocycles. The lowest BCUT2D eigenvalue weighted by Crippen LogP contribution is -2.47. The summed E-state index contributed by atoms with van der Waals surface area (Å²) in [4.78, 5) is 25.6. The molecule has 0 radical (unpaired) electrons. The van der Waals surface area contributed by atoms with Gasteiger partial charge in [-0.1, -0.05) is 33.6 Å². The van der Waals surface area contributed by atoms with Crippen molar-refractivity contribution in [3.63, 3.8) is 0 Å². The molecule has 3 atom stereocenters. The van der Waals surface area contributed by atoms with E-state index in [9.17, 15) is 14.7 Å². The van der Waals surface area contributed by atoms with E-state index in [1.165, 1.54) is 6.42 Å². The van der Waals surface area contributed by atoms with Gasteiger partial charge in [0.2, 0.25) is 5.91 Å². The third kappa shape index (κ3) is 4.45. The summed E-state index contributed by atoms with van der Waals surface area (Å²) in [5, 5.41) is 12.4. The van der Waals surface area contributed by atoms with Gasteiger partial charge in [0.15, 0.2) is 0 Å². The molecule has 2 fully saturated rings. The number of aliphatic carboxylic acids is 1. The van der Waals surface area contributed by atoms with E-state index in [-0.39, 0.29) is 23.9 Å². The molecule has 2 N–H and O–H groups in total. The van der Waals surface area contributed by atoms with E-state index in [1.54, 1.807) is 0 Å². The maximum atomic E-state index is 12.2. The van der Waals surface area contributed by atoms with E-state index < -0.39 is 12.0 Å². The van der Waals surface area contributed by atoms with E-state index in [0.29, 0.717) is 18.9 Å². The molecule has 2 aliphatic rings. The molecule has 1 aliphatic heterocycles. The maximum Gasteiger partial charge on any atom is 0.320 e. The number of likely N-dealkylation sites (tertiary alicyclic amines) is 1. The largest absolute Gasteiger partial charge is 0.480 e. The van der Waals surface area contributed by atoms with Gasteiger partial charge >= 0.3 is 5.97 Å². The van der Waals surface area contributed by atoms with E-state index in [2.05, 4.69) is 26.1 Å². The monoisotopic (exact) mass is 310 g/mol. The lowest BCUT2D eigenvalue weighted by molar-refractivity contribution is -0.143. The van der Waals surface area contributed by atoms with Gasteiger partial charge in [0.25, 0.3) is 0 Å². The molecule has 0 spiro atoms. The summed E-state index contributed by atoms with van der Waals surface area (Å²) in [6, 6.07) is -0.204. The number of carbonyl (C=O) groups excluding carboxylic acids is 1. The van der Waals surface area contributed by atoms with Crippen LogP contribution in [0.4, 0.5) is 0 Å². The Kier molecular flexibility index (Phi) is 5.48. The Morgan fingerprint density at radius 1 is 1.23 bits per heavy atom. The molecule has 5 nitrogen and oxygen atoms in total. The minimum atomic E-state index is -0.781. The van der Waals surface area contributed by atoms with Crippen molar-refractivity contribution in [2.75, 3.05) is 13.1 Å². The van der Waals surface area contributed by atoms with E-state index in [0.717, 1.165) is 25.7 Å². The Morgan fingerprint density at radius 2 is 1.91 bits per heavy atom. The van der Waals surface area contributed by atoms with Gasteiger partial charge in [-0.15, -0.1) is 0 Å². The molecule has 0 bridgehead atoms. The number of hydrogen-bond donors (Lipinski definition) is 2. The Bertz CT molecular complexity index is 417. The SMILES string of the molecule is CC(C)(C)CCNC(=O)CN1C(C(=O)O)CC2CCCCC21. The van der Waals surface area contributed by atoms with Crippen LogP contribution in [0.1, 0.15) is 59.3 Å². The first-order valence-electron chi connectivity index (χ1n) is 8.53. The molecule has 0 aromatic rings. The van der Waals surface area contributed by atoms with Crippen LogP contribution in [0.25, 0.3) is 0 Å². The highest BCUT2D eigenvalue weighted by molar-refractivity contribution is 5.80. The second kappa shape index (κ2) is 6.99. The lowest BCUT2D eigenvalue weighted by atomic mass is 9.85. The number of fused-ring (bicyclic) bond motifs is 1. The number of carboxylic acid groups (broad SMARTS) is 1. The van der Waals surface area contributed by atoms with Gasteiger partial charge in [0.05, 0.1) is 6.54 Å². The number of nitrogens with zero attached hydrogens (tertiary/aromatic N) is 1. The molecule has 3 unspecified atom stereocenters. The number of hydrogen-bond acceptors (Lipinski definition) is 3. The van der Waals surface area contributed by atoms with Crippen LogP contribution in [0.5, 0.6) is 0 Å². The van der Waals surface area contributed by atoms with Gasteiger partial charge in [-0.2, -0.15) is 0 Å². The fourth-order valence-corrected chi connectivity index (χ4v) is 3.82. The van der Waals surface area contributed by atoms with Crippen LogP contribution >= 0.6 is 0 Å². The average Bonchev–Trinajstić information content (AvgIpc) is 2.76. The standard InChI is InChI=1S/C17H30N2O3/c1-17(2,3)8-9-18-15(20)11-19-13-7-5-4-6-12(13)10-14(19)16(21)22/h12-14H,4-11H2,1-3H3,(H,18,20)(H,21,22). The Hall–Kier alpha value is -1.10. The van der Waals surface area contributed by atoms with Crippen molar-refractivity contribution in [2.45, 2.75) is 71.4 Å². The molecular formula is C17H30N2O3. The number of carboxylic acids is 1.